The minimum atomic E-state index is -0.582. The van der Waals surface area contributed by atoms with Crippen molar-refractivity contribution in [2.24, 2.45) is 0 Å². The molecule has 1 aromatic heterocycles. The van der Waals surface area contributed by atoms with Gasteiger partial charge in [0.05, 0.1) is 11.4 Å². The Labute approximate surface area is 150 Å². The Balaban J connectivity index is 1.62. The summed E-state index contributed by atoms with van der Waals surface area (Å²) < 4.78 is 5.36. The van der Waals surface area contributed by atoms with E-state index >= 15 is 0 Å². The quantitative estimate of drug-likeness (QED) is 0.635. The number of hydrogen-bond acceptors (Lipinski definition) is 4. The second-order valence-electron chi connectivity index (χ2n) is 6.82. The molecule has 0 bridgehead atoms. The average molecular weight is 346 g/mol. The van der Waals surface area contributed by atoms with Gasteiger partial charge in [-0.15, -0.1) is 0 Å². The average Bonchev–Trinajstić information content (AvgIpc) is 2.68. The lowest BCUT2D eigenvalue weighted by Gasteiger charge is -2.41. The van der Waals surface area contributed by atoms with Crippen molar-refractivity contribution in [2.75, 3.05) is 29.4 Å². The summed E-state index contributed by atoms with van der Waals surface area (Å²) in [5.41, 5.74) is 3.31. The highest BCUT2D eigenvalue weighted by Gasteiger charge is 2.32. The summed E-state index contributed by atoms with van der Waals surface area (Å²) in [6.45, 7) is 2.38. The predicted octanol–water partition coefficient (Wildman–Crippen LogP) is 3.21. The molecule has 3 heterocycles. The summed E-state index contributed by atoms with van der Waals surface area (Å²) in [5, 5.41) is 0.754. The van der Waals surface area contributed by atoms with Crippen molar-refractivity contribution in [3.63, 3.8) is 0 Å². The first-order chi connectivity index (χ1) is 12.7. The molecule has 0 atom stereocenters. The molecule has 3 aromatic rings. The fourth-order valence-electron chi connectivity index (χ4n) is 4.07. The van der Waals surface area contributed by atoms with Crippen molar-refractivity contribution < 1.29 is 9.21 Å². The Morgan fingerprint density at radius 3 is 2.81 bits per heavy atom. The molecule has 0 unspecified atom stereocenters. The first kappa shape index (κ1) is 15.2. The molecule has 0 saturated carbocycles. The van der Waals surface area contributed by atoms with Crippen LogP contribution in [0.5, 0.6) is 0 Å². The largest absolute Gasteiger partial charge is 0.422 e. The molecular formula is C21H18N2O3. The third kappa shape index (κ3) is 2.24. The molecular weight excluding hydrogens is 328 g/mol. The van der Waals surface area contributed by atoms with Gasteiger partial charge in [0.1, 0.15) is 11.1 Å². The standard InChI is InChI=1S/C21H18N2O3/c24-20(16-13-15-5-1-2-9-18(15)26-21(16)25)23-12-11-22-10-4-7-14-6-3-8-17(23)19(14)22/h1-3,5-6,8-9,13H,4,7,10-12H2. The van der Waals surface area contributed by atoms with Crippen LogP contribution in [0.2, 0.25) is 0 Å². The monoisotopic (exact) mass is 346 g/mol. The fourth-order valence-corrected chi connectivity index (χ4v) is 4.07. The van der Waals surface area contributed by atoms with Crippen LogP contribution in [0.15, 0.2) is 57.7 Å². The van der Waals surface area contributed by atoms with Crippen molar-refractivity contribution in [1.82, 2.24) is 0 Å². The number of amides is 1. The van der Waals surface area contributed by atoms with Gasteiger partial charge in [-0.25, -0.2) is 4.79 Å². The summed E-state index contributed by atoms with van der Waals surface area (Å²) in [6, 6.07) is 15.0. The van der Waals surface area contributed by atoms with Crippen molar-refractivity contribution in [3.8, 4) is 0 Å². The summed E-state index contributed by atoms with van der Waals surface area (Å²) in [6.07, 6.45) is 2.17. The Bertz CT molecular complexity index is 1090. The predicted molar refractivity (Wildman–Crippen MR) is 101 cm³/mol. The highest BCUT2D eigenvalue weighted by atomic mass is 16.4. The van der Waals surface area contributed by atoms with E-state index in [2.05, 4.69) is 11.0 Å². The molecule has 5 nitrogen and oxygen atoms in total. The molecule has 5 heteroatoms. The third-order valence-electron chi connectivity index (χ3n) is 5.29. The molecule has 0 spiro atoms. The molecule has 2 aliphatic heterocycles. The van der Waals surface area contributed by atoms with Gasteiger partial charge in [-0.3, -0.25) is 4.79 Å². The van der Waals surface area contributed by atoms with Gasteiger partial charge >= 0.3 is 5.63 Å². The van der Waals surface area contributed by atoms with Crippen LogP contribution in [0.4, 0.5) is 11.4 Å². The number of benzene rings is 2. The number of para-hydroxylation sites is 2. The van der Waals surface area contributed by atoms with Crippen LogP contribution in [0.1, 0.15) is 22.3 Å². The summed E-state index contributed by atoms with van der Waals surface area (Å²) in [5.74, 6) is -0.289. The molecule has 2 aromatic carbocycles. The molecule has 5 rings (SSSR count). The number of nitrogens with zero attached hydrogens (tertiary/aromatic N) is 2. The van der Waals surface area contributed by atoms with E-state index in [1.807, 2.05) is 30.3 Å². The first-order valence-electron chi connectivity index (χ1n) is 8.94. The molecule has 26 heavy (non-hydrogen) atoms. The number of carbonyl (C=O) groups is 1. The summed E-state index contributed by atoms with van der Waals surface area (Å²) in [4.78, 5) is 29.7. The summed E-state index contributed by atoms with van der Waals surface area (Å²) >= 11 is 0. The smallest absolute Gasteiger partial charge is 0.349 e. The SMILES string of the molecule is O=C(c1cc2ccccc2oc1=O)N1CCN2CCCc3cccc1c32. The highest BCUT2D eigenvalue weighted by Crippen LogP contribution is 2.39. The van der Waals surface area contributed by atoms with E-state index in [9.17, 15) is 9.59 Å². The Morgan fingerprint density at radius 2 is 1.88 bits per heavy atom. The lowest BCUT2D eigenvalue weighted by Crippen LogP contribution is -2.47. The van der Waals surface area contributed by atoms with Crippen LogP contribution in [0.3, 0.4) is 0 Å². The zero-order valence-electron chi connectivity index (χ0n) is 14.3. The van der Waals surface area contributed by atoms with Gasteiger partial charge in [-0.05, 0) is 36.6 Å². The van der Waals surface area contributed by atoms with Crippen LogP contribution in [-0.4, -0.2) is 25.5 Å². The zero-order valence-corrected chi connectivity index (χ0v) is 14.3. The van der Waals surface area contributed by atoms with E-state index in [-0.39, 0.29) is 11.5 Å². The van der Waals surface area contributed by atoms with Gasteiger partial charge in [0.2, 0.25) is 0 Å². The van der Waals surface area contributed by atoms with E-state index in [4.69, 9.17) is 4.42 Å². The van der Waals surface area contributed by atoms with Crippen LogP contribution in [0.25, 0.3) is 11.0 Å². The van der Waals surface area contributed by atoms with E-state index in [1.165, 1.54) is 5.56 Å². The highest BCUT2D eigenvalue weighted by molar-refractivity contribution is 6.09. The van der Waals surface area contributed by atoms with Crippen LogP contribution in [0, 0.1) is 0 Å². The fraction of sp³-hybridized carbons (Fsp3) is 0.238. The van der Waals surface area contributed by atoms with Crippen LogP contribution < -0.4 is 15.4 Å². The van der Waals surface area contributed by atoms with Gasteiger partial charge in [-0.1, -0.05) is 30.3 Å². The van der Waals surface area contributed by atoms with Gasteiger partial charge in [0, 0.05) is 25.0 Å². The van der Waals surface area contributed by atoms with Gasteiger partial charge in [-0.2, -0.15) is 0 Å². The second kappa shape index (κ2) is 5.73. The van der Waals surface area contributed by atoms with Crippen molar-refractivity contribution in [1.29, 1.82) is 0 Å². The molecule has 0 saturated heterocycles. The van der Waals surface area contributed by atoms with Gasteiger partial charge < -0.3 is 14.2 Å². The molecule has 2 aliphatic rings. The van der Waals surface area contributed by atoms with E-state index in [0.29, 0.717) is 12.1 Å². The number of rotatable bonds is 1. The second-order valence-corrected chi connectivity index (χ2v) is 6.82. The van der Waals surface area contributed by atoms with Crippen LogP contribution >= 0.6 is 0 Å². The maximum atomic E-state index is 13.2. The molecule has 130 valence electrons. The number of carbonyl (C=O) groups excluding carboxylic acids is 1. The molecule has 0 N–H and O–H groups in total. The topological polar surface area (TPSA) is 53.8 Å². The Hall–Kier alpha value is -3.08. The van der Waals surface area contributed by atoms with Gasteiger partial charge in [0.25, 0.3) is 5.91 Å². The molecule has 0 fully saturated rings. The normalized spacial score (nSPS) is 15.8. The summed E-state index contributed by atoms with van der Waals surface area (Å²) in [7, 11) is 0. The van der Waals surface area contributed by atoms with Crippen LogP contribution in [-0.2, 0) is 6.42 Å². The minimum Gasteiger partial charge on any atom is -0.422 e. The van der Waals surface area contributed by atoms with E-state index in [0.717, 1.165) is 42.7 Å². The number of fused-ring (bicyclic) bond motifs is 1. The zero-order chi connectivity index (χ0) is 17.7. The lowest BCUT2D eigenvalue weighted by atomic mass is 9.97. The number of anilines is 2. The van der Waals surface area contributed by atoms with Gasteiger partial charge in [0.15, 0.2) is 0 Å². The first-order valence-corrected chi connectivity index (χ1v) is 8.94. The minimum absolute atomic E-state index is 0.0885. The number of aryl methyl sites for hydroxylation is 1. The van der Waals surface area contributed by atoms with Crippen molar-refractivity contribution in [3.05, 3.63) is 70.1 Å². The maximum absolute atomic E-state index is 13.2. The third-order valence-corrected chi connectivity index (χ3v) is 5.29. The maximum Gasteiger partial charge on any atom is 0.349 e. The number of hydrogen-bond donors (Lipinski definition) is 0. The molecule has 0 radical (unpaired) electrons. The Morgan fingerprint density at radius 1 is 1.00 bits per heavy atom. The van der Waals surface area contributed by atoms with Crippen molar-refractivity contribution >= 4 is 28.3 Å². The Kier molecular flexibility index (Phi) is 3.35. The molecule has 0 aliphatic carbocycles. The van der Waals surface area contributed by atoms with E-state index < -0.39 is 5.63 Å². The molecule has 1 amide bonds. The van der Waals surface area contributed by atoms with E-state index in [1.54, 1.807) is 17.0 Å². The lowest BCUT2D eigenvalue weighted by molar-refractivity contribution is 0.0983. The van der Waals surface area contributed by atoms with Crippen molar-refractivity contribution in [2.45, 2.75) is 12.8 Å².